The van der Waals surface area contributed by atoms with E-state index in [1.165, 1.54) is 0 Å². The number of hydrogen-bond donors (Lipinski definition) is 2. The molecule has 3 nitrogen and oxygen atoms in total. The summed E-state index contributed by atoms with van der Waals surface area (Å²) in [5.74, 6) is 0.218. The van der Waals surface area contributed by atoms with E-state index < -0.39 is 0 Å². The van der Waals surface area contributed by atoms with Crippen molar-refractivity contribution in [1.82, 2.24) is 10.6 Å². The van der Waals surface area contributed by atoms with E-state index in [0.29, 0.717) is 28.1 Å². The second-order valence-electron chi connectivity index (χ2n) is 4.03. The van der Waals surface area contributed by atoms with Gasteiger partial charge in [0.2, 0.25) is 0 Å². The van der Waals surface area contributed by atoms with Gasteiger partial charge in [-0.05, 0) is 37.7 Å². The molecule has 0 aliphatic carbocycles. The number of carbonyl (C=O) groups is 1. The molecule has 0 radical (unpaired) electrons. The van der Waals surface area contributed by atoms with Crippen molar-refractivity contribution in [3.05, 3.63) is 33.8 Å². The van der Waals surface area contributed by atoms with Gasteiger partial charge in [-0.1, -0.05) is 30.1 Å². The van der Waals surface area contributed by atoms with Crippen LogP contribution in [0.25, 0.3) is 0 Å². The van der Waals surface area contributed by atoms with Crippen LogP contribution in [0.5, 0.6) is 0 Å². The van der Waals surface area contributed by atoms with Gasteiger partial charge in [0.15, 0.2) is 0 Å². The normalized spacial score (nSPS) is 12.2. The molecule has 0 aliphatic heterocycles. The molecule has 17 heavy (non-hydrogen) atoms. The van der Waals surface area contributed by atoms with Gasteiger partial charge in [-0.3, -0.25) is 4.79 Å². The number of nitrogens with one attached hydrogen (secondary N) is 2. The van der Waals surface area contributed by atoms with E-state index in [1.54, 1.807) is 18.2 Å². The lowest BCUT2D eigenvalue weighted by Crippen LogP contribution is -2.32. The van der Waals surface area contributed by atoms with E-state index in [2.05, 4.69) is 17.6 Å². The molecule has 0 heterocycles. The van der Waals surface area contributed by atoms with Gasteiger partial charge in [0.1, 0.15) is 0 Å². The largest absolute Gasteiger partial charge is 0.352 e. The maximum atomic E-state index is 11.8. The van der Waals surface area contributed by atoms with Gasteiger partial charge in [-0.2, -0.15) is 0 Å². The first-order valence-electron chi connectivity index (χ1n) is 5.42. The first-order chi connectivity index (χ1) is 8.02. The van der Waals surface area contributed by atoms with Gasteiger partial charge in [-0.25, -0.2) is 0 Å². The zero-order valence-corrected chi connectivity index (χ0v) is 11.4. The summed E-state index contributed by atoms with van der Waals surface area (Å²) in [6.45, 7) is 3.53. The first kappa shape index (κ1) is 14.3. The molecule has 5 heteroatoms. The van der Waals surface area contributed by atoms with Gasteiger partial charge in [-0.15, -0.1) is 0 Å². The molecular weight excluding hydrogens is 259 g/mol. The lowest BCUT2D eigenvalue weighted by molar-refractivity contribution is 0.0948. The SMILES string of the molecule is CNCC(C)CNC(=O)c1cc(Cl)cc(Cl)c1. The van der Waals surface area contributed by atoms with Gasteiger partial charge in [0, 0.05) is 22.2 Å². The van der Waals surface area contributed by atoms with Crippen molar-refractivity contribution in [3.8, 4) is 0 Å². The number of halogens is 2. The third-order valence-corrected chi connectivity index (χ3v) is 2.72. The summed E-state index contributed by atoms with van der Waals surface area (Å²) in [6.07, 6.45) is 0. The Kier molecular flexibility index (Phi) is 5.75. The van der Waals surface area contributed by atoms with Crippen LogP contribution < -0.4 is 10.6 Å². The molecule has 1 amide bonds. The molecule has 0 aliphatic rings. The average molecular weight is 275 g/mol. The lowest BCUT2D eigenvalue weighted by Gasteiger charge is -2.12. The minimum atomic E-state index is -0.155. The van der Waals surface area contributed by atoms with Crippen molar-refractivity contribution in [3.63, 3.8) is 0 Å². The molecule has 1 aromatic rings. The topological polar surface area (TPSA) is 41.1 Å². The van der Waals surface area contributed by atoms with E-state index in [1.807, 2.05) is 7.05 Å². The van der Waals surface area contributed by atoms with Crippen LogP contribution in [0.3, 0.4) is 0 Å². The Balaban J connectivity index is 2.58. The molecule has 1 rings (SSSR count). The van der Waals surface area contributed by atoms with Gasteiger partial charge in [0.05, 0.1) is 0 Å². The molecule has 0 saturated carbocycles. The van der Waals surface area contributed by atoms with Crippen LogP contribution in [0.4, 0.5) is 0 Å². The second-order valence-corrected chi connectivity index (χ2v) is 4.90. The number of hydrogen-bond acceptors (Lipinski definition) is 2. The van der Waals surface area contributed by atoms with E-state index in [9.17, 15) is 4.79 Å². The zero-order valence-electron chi connectivity index (χ0n) is 9.89. The van der Waals surface area contributed by atoms with E-state index in [4.69, 9.17) is 23.2 Å². The fourth-order valence-electron chi connectivity index (χ4n) is 1.47. The predicted octanol–water partition coefficient (Wildman–Crippen LogP) is 2.58. The molecule has 1 unspecified atom stereocenters. The maximum absolute atomic E-state index is 11.8. The summed E-state index contributed by atoms with van der Waals surface area (Å²) < 4.78 is 0. The van der Waals surface area contributed by atoms with Crippen LogP contribution in [0.1, 0.15) is 17.3 Å². The molecule has 0 spiro atoms. The number of rotatable bonds is 5. The van der Waals surface area contributed by atoms with Crippen molar-refractivity contribution in [1.29, 1.82) is 0 Å². The van der Waals surface area contributed by atoms with Crippen LogP contribution in [0, 0.1) is 5.92 Å². The Labute approximate surface area is 111 Å². The molecule has 0 fully saturated rings. The van der Waals surface area contributed by atoms with E-state index in [0.717, 1.165) is 6.54 Å². The summed E-state index contributed by atoms with van der Waals surface area (Å²) in [6, 6.07) is 4.81. The van der Waals surface area contributed by atoms with Crippen molar-refractivity contribution in [2.75, 3.05) is 20.1 Å². The molecule has 1 aromatic carbocycles. The zero-order chi connectivity index (χ0) is 12.8. The summed E-state index contributed by atoms with van der Waals surface area (Å²) in [7, 11) is 1.88. The minimum absolute atomic E-state index is 0.155. The highest BCUT2D eigenvalue weighted by Gasteiger charge is 2.09. The summed E-state index contributed by atoms with van der Waals surface area (Å²) in [5.41, 5.74) is 0.485. The minimum Gasteiger partial charge on any atom is -0.352 e. The summed E-state index contributed by atoms with van der Waals surface area (Å²) in [4.78, 5) is 11.8. The number of carbonyl (C=O) groups excluding carboxylic acids is 1. The average Bonchev–Trinajstić information content (AvgIpc) is 2.25. The number of benzene rings is 1. The Hall–Kier alpha value is -0.770. The Morgan fingerprint density at radius 3 is 2.35 bits per heavy atom. The van der Waals surface area contributed by atoms with Crippen molar-refractivity contribution < 1.29 is 4.79 Å². The van der Waals surface area contributed by atoms with Crippen molar-refractivity contribution in [2.24, 2.45) is 5.92 Å². The van der Waals surface area contributed by atoms with E-state index >= 15 is 0 Å². The van der Waals surface area contributed by atoms with Crippen LogP contribution in [-0.4, -0.2) is 26.0 Å². The molecule has 94 valence electrons. The highest BCUT2D eigenvalue weighted by Crippen LogP contribution is 2.18. The fourth-order valence-corrected chi connectivity index (χ4v) is 2.00. The highest BCUT2D eigenvalue weighted by molar-refractivity contribution is 6.35. The van der Waals surface area contributed by atoms with Crippen LogP contribution >= 0.6 is 23.2 Å². The maximum Gasteiger partial charge on any atom is 0.251 e. The molecule has 0 bridgehead atoms. The predicted molar refractivity (Wildman–Crippen MR) is 71.9 cm³/mol. The Bertz CT molecular complexity index is 376. The molecule has 0 saturated heterocycles. The van der Waals surface area contributed by atoms with Gasteiger partial charge in [0.25, 0.3) is 5.91 Å². The fraction of sp³-hybridized carbons (Fsp3) is 0.417. The summed E-state index contributed by atoms with van der Waals surface area (Å²) >= 11 is 11.7. The van der Waals surface area contributed by atoms with Crippen LogP contribution in [0.2, 0.25) is 10.0 Å². The monoisotopic (exact) mass is 274 g/mol. The molecular formula is C12H16Cl2N2O. The number of amides is 1. The smallest absolute Gasteiger partial charge is 0.251 e. The summed E-state index contributed by atoms with van der Waals surface area (Å²) in [5, 5.41) is 6.83. The second kappa shape index (κ2) is 6.84. The van der Waals surface area contributed by atoms with Crippen molar-refractivity contribution in [2.45, 2.75) is 6.92 Å². The first-order valence-corrected chi connectivity index (χ1v) is 6.17. The standard InChI is InChI=1S/C12H16Cl2N2O/c1-8(6-15-2)7-16-12(17)9-3-10(13)5-11(14)4-9/h3-5,8,15H,6-7H2,1-2H3,(H,16,17). The highest BCUT2D eigenvalue weighted by atomic mass is 35.5. The Morgan fingerprint density at radius 1 is 1.24 bits per heavy atom. The third-order valence-electron chi connectivity index (χ3n) is 2.29. The van der Waals surface area contributed by atoms with Crippen molar-refractivity contribution >= 4 is 29.1 Å². The lowest BCUT2D eigenvalue weighted by atomic mass is 10.1. The van der Waals surface area contributed by atoms with Gasteiger partial charge >= 0.3 is 0 Å². The van der Waals surface area contributed by atoms with Crippen LogP contribution in [0.15, 0.2) is 18.2 Å². The van der Waals surface area contributed by atoms with E-state index in [-0.39, 0.29) is 5.91 Å². The molecule has 1 atom stereocenters. The van der Waals surface area contributed by atoms with Crippen LogP contribution in [-0.2, 0) is 0 Å². The Morgan fingerprint density at radius 2 is 1.82 bits per heavy atom. The quantitative estimate of drug-likeness (QED) is 0.867. The molecule has 2 N–H and O–H groups in total. The third kappa shape index (κ3) is 4.94. The van der Waals surface area contributed by atoms with Gasteiger partial charge < -0.3 is 10.6 Å². The molecule has 0 aromatic heterocycles.